The van der Waals surface area contributed by atoms with E-state index in [9.17, 15) is 9.50 Å². The predicted molar refractivity (Wildman–Crippen MR) is 95.1 cm³/mol. The van der Waals surface area contributed by atoms with Gasteiger partial charge >= 0.3 is 144 Å². The summed E-state index contributed by atoms with van der Waals surface area (Å²) < 4.78 is 13.9. The Morgan fingerprint density at radius 1 is 0.913 bits per heavy atom. The fraction of sp³-hybridized carbons (Fsp3) is 0.400. The van der Waals surface area contributed by atoms with Crippen LogP contribution in [-0.4, -0.2) is 20.9 Å². The second-order valence-electron chi connectivity index (χ2n) is 6.47. The van der Waals surface area contributed by atoms with Crippen molar-refractivity contribution in [2.75, 3.05) is 0 Å². The third kappa shape index (κ3) is 4.85. The first kappa shape index (κ1) is 16.6. The van der Waals surface area contributed by atoms with Crippen molar-refractivity contribution in [3.63, 3.8) is 0 Å². The number of halogens is 1. The number of phenols is 1. The molecule has 0 spiro atoms. The zero-order valence-electron chi connectivity index (χ0n) is 13.3. The molecule has 1 atom stereocenters. The van der Waals surface area contributed by atoms with Crippen molar-refractivity contribution in [1.29, 1.82) is 0 Å². The molecule has 1 unspecified atom stereocenters. The Bertz CT molecular complexity index is 598. The number of rotatable bonds is 5. The van der Waals surface area contributed by atoms with Crippen LogP contribution < -0.4 is 0 Å². The standard InChI is InChI=1S/C20H24AsFO/c22-19-9-1-15(2-10-19)13-14-21-18-7-3-16(4-8-18)17-5-11-20(23)12-6-17/h1-2,5-6,9-12,16,18,21,23H,3-4,7-8,13-14H2/t16-,18+. The maximum absolute atomic E-state index is 12.9. The summed E-state index contributed by atoms with van der Waals surface area (Å²) in [6.07, 6.45) is 6.40. The summed E-state index contributed by atoms with van der Waals surface area (Å²) >= 11 is 0.100. The minimum absolute atomic E-state index is 0.100. The minimum atomic E-state index is -0.141. The summed E-state index contributed by atoms with van der Waals surface area (Å²) in [6, 6.07) is 14.7. The van der Waals surface area contributed by atoms with E-state index in [1.54, 1.807) is 24.3 Å². The molecule has 2 aromatic rings. The molecule has 1 aliphatic rings. The molecule has 0 saturated heterocycles. The Morgan fingerprint density at radius 3 is 2.22 bits per heavy atom. The van der Waals surface area contributed by atoms with E-state index >= 15 is 0 Å². The van der Waals surface area contributed by atoms with Crippen LogP contribution in [0.5, 0.6) is 5.75 Å². The van der Waals surface area contributed by atoms with Crippen molar-refractivity contribution in [3.8, 4) is 5.75 Å². The van der Waals surface area contributed by atoms with Crippen LogP contribution in [0.4, 0.5) is 4.39 Å². The van der Waals surface area contributed by atoms with Gasteiger partial charge in [0.1, 0.15) is 0 Å². The molecule has 0 radical (unpaired) electrons. The normalized spacial score (nSPS) is 21.8. The number of hydrogen-bond acceptors (Lipinski definition) is 1. The van der Waals surface area contributed by atoms with Gasteiger partial charge < -0.3 is 0 Å². The van der Waals surface area contributed by atoms with Gasteiger partial charge in [-0.1, -0.05) is 0 Å². The predicted octanol–water partition coefficient (Wildman–Crippen LogP) is 5.07. The topological polar surface area (TPSA) is 20.2 Å². The molecule has 0 heterocycles. The Kier molecular flexibility index (Phi) is 5.78. The van der Waals surface area contributed by atoms with Crippen molar-refractivity contribution in [1.82, 2.24) is 0 Å². The third-order valence-electron chi connectivity index (χ3n) is 4.85. The number of phenolic OH excluding ortho intramolecular Hbond substituents is 1. The van der Waals surface area contributed by atoms with E-state index in [4.69, 9.17) is 0 Å². The number of hydrogen-bond donors (Lipinski definition) is 1. The second-order valence-corrected chi connectivity index (χ2v) is 10.1. The molecule has 23 heavy (non-hydrogen) atoms. The van der Waals surface area contributed by atoms with E-state index < -0.39 is 0 Å². The van der Waals surface area contributed by atoms with Crippen LogP contribution in [0.2, 0.25) is 9.91 Å². The molecule has 0 aromatic heterocycles. The fourth-order valence-electron chi connectivity index (χ4n) is 3.45. The van der Waals surface area contributed by atoms with Crippen LogP contribution in [0.25, 0.3) is 0 Å². The molecule has 122 valence electrons. The first-order valence-corrected chi connectivity index (χ1v) is 11.2. The SMILES string of the molecule is Oc1ccc([C@H]2CC[C@@H]([AsH]CCc3ccc(F)cc3)CC2)cc1. The number of aromatic hydroxyl groups is 1. The van der Waals surface area contributed by atoms with Crippen molar-refractivity contribution < 1.29 is 9.50 Å². The van der Waals surface area contributed by atoms with E-state index in [0.717, 1.165) is 11.1 Å². The van der Waals surface area contributed by atoms with Crippen LogP contribution in [0.15, 0.2) is 48.5 Å². The quantitative estimate of drug-likeness (QED) is 0.724. The molecule has 1 nitrogen and oxygen atoms in total. The van der Waals surface area contributed by atoms with E-state index in [0.29, 0.717) is 11.7 Å². The van der Waals surface area contributed by atoms with Gasteiger partial charge in [0, 0.05) is 0 Å². The van der Waals surface area contributed by atoms with Gasteiger partial charge in [-0.15, -0.1) is 0 Å². The average Bonchev–Trinajstić information content (AvgIpc) is 2.58. The van der Waals surface area contributed by atoms with Gasteiger partial charge in [0.2, 0.25) is 0 Å². The molecule has 3 rings (SSSR count). The Morgan fingerprint density at radius 2 is 1.57 bits per heavy atom. The Hall–Kier alpha value is -1.27. The summed E-state index contributed by atoms with van der Waals surface area (Å²) in [5, 5.41) is 10.7. The van der Waals surface area contributed by atoms with E-state index in [1.165, 1.54) is 42.0 Å². The zero-order chi connectivity index (χ0) is 16.1. The van der Waals surface area contributed by atoms with Crippen molar-refractivity contribution >= 4 is 15.8 Å². The van der Waals surface area contributed by atoms with Crippen LogP contribution in [0.3, 0.4) is 0 Å². The van der Waals surface area contributed by atoms with Gasteiger partial charge in [0.05, 0.1) is 0 Å². The molecular formula is C20H24AsFO. The molecular weight excluding hydrogens is 350 g/mol. The van der Waals surface area contributed by atoms with E-state index in [2.05, 4.69) is 12.1 Å². The van der Waals surface area contributed by atoms with Crippen LogP contribution >= 0.6 is 0 Å². The maximum atomic E-state index is 12.9. The van der Waals surface area contributed by atoms with Crippen molar-refractivity contribution in [2.24, 2.45) is 0 Å². The van der Waals surface area contributed by atoms with Crippen LogP contribution in [0, 0.1) is 5.82 Å². The fourth-order valence-corrected chi connectivity index (χ4v) is 6.77. The average molecular weight is 374 g/mol. The van der Waals surface area contributed by atoms with Gasteiger partial charge in [0.25, 0.3) is 0 Å². The van der Waals surface area contributed by atoms with E-state index in [-0.39, 0.29) is 21.6 Å². The number of aryl methyl sites for hydroxylation is 1. The van der Waals surface area contributed by atoms with Crippen LogP contribution in [0.1, 0.15) is 42.7 Å². The molecule has 0 aliphatic heterocycles. The van der Waals surface area contributed by atoms with Crippen molar-refractivity contribution in [2.45, 2.75) is 47.9 Å². The summed E-state index contributed by atoms with van der Waals surface area (Å²) in [6.45, 7) is 0. The second kappa shape index (κ2) is 8.01. The molecule has 2 aromatic carbocycles. The first-order chi connectivity index (χ1) is 11.2. The molecule has 0 bridgehead atoms. The van der Waals surface area contributed by atoms with Gasteiger partial charge in [-0.3, -0.25) is 0 Å². The van der Waals surface area contributed by atoms with Crippen molar-refractivity contribution in [3.05, 3.63) is 65.5 Å². The molecule has 3 heteroatoms. The summed E-state index contributed by atoms with van der Waals surface area (Å²) in [5.74, 6) is 0.891. The van der Waals surface area contributed by atoms with Gasteiger partial charge in [-0.05, 0) is 0 Å². The Balaban J connectivity index is 1.40. The molecule has 1 N–H and O–H groups in total. The zero-order valence-corrected chi connectivity index (χ0v) is 15.4. The summed E-state index contributed by atoms with van der Waals surface area (Å²) in [5.41, 5.74) is 2.65. The first-order valence-electron chi connectivity index (χ1n) is 8.47. The van der Waals surface area contributed by atoms with E-state index in [1.807, 2.05) is 12.1 Å². The monoisotopic (exact) mass is 374 g/mol. The Labute approximate surface area is 144 Å². The molecule has 0 amide bonds. The van der Waals surface area contributed by atoms with Gasteiger partial charge in [-0.2, -0.15) is 0 Å². The third-order valence-corrected chi connectivity index (χ3v) is 8.40. The molecule has 1 aliphatic carbocycles. The van der Waals surface area contributed by atoms with Gasteiger partial charge in [-0.25, -0.2) is 0 Å². The number of benzene rings is 2. The summed E-state index contributed by atoms with van der Waals surface area (Å²) in [4.78, 5) is 0. The van der Waals surface area contributed by atoms with Gasteiger partial charge in [0.15, 0.2) is 0 Å². The summed E-state index contributed by atoms with van der Waals surface area (Å²) in [7, 11) is 0. The molecule has 1 saturated carbocycles. The van der Waals surface area contributed by atoms with Crippen LogP contribution in [-0.2, 0) is 6.42 Å². The molecule has 1 fully saturated rings.